The van der Waals surface area contributed by atoms with Crippen LogP contribution in [0, 0.1) is 10.1 Å². The Morgan fingerprint density at radius 3 is 2.52 bits per heavy atom. The molecule has 0 amide bonds. The van der Waals surface area contributed by atoms with Crippen LogP contribution in [-0.2, 0) is 10.0 Å². The van der Waals surface area contributed by atoms with Gasteiger partial charge in [0.25, 0.3) is 15.7 Å². The lowest BCUT2D eigenvalue weighted by molar-refractivity contribution is -0.384. The Labute approximate surface area is 123 Å². The molecule has 0 spiro atoms. The third-order valence-corrected chi connectivity index (χ3v) is 3.79. The molecule has 2 rings (SSSR count). The Morgan fingerprint density at radius 1 is 1.29 bits per heavy atom. The van der Waals surface area contributed by atoms with Gasteiger partial charge in [-0.25, -0.2) is 8.42 Å². The molecular formula is C13H17N2O5S. The van der Waals surface area contributed by atoms with Gasteiger partial charge in [-0.1, -0.05) is 6.42 Å². The molecule has 1 aromatic carbocycles. The molecule has 1 fully saturated rings. The van der Waals surface area contributed by atoms with Crippen molar-refractivity contribution in [2.75, 3.05) is 6.26 Å². The summed E-state index contributed by atoms with van der Waals surface area (Å²) in [4.78, 5) is 10.3. The second-order valence-corrected chi connectivity index (χ2v) is 6.76. The molecule has 1 saturated carbocycles. The van der Waals surface area contributed by atoms with Crippen LogP contribution in [0.2, 0.25) is 0 Å². The van der Waals surface area contributed by atoms with Gasteiger partial charge < -0.3 is 4.74 Å². The minimum Gasteiger partial charge on any atom is -0.488 e. The Bertz CT molecular complexity index is 623. The smallest absolute Gasteiger partial charge is 0.273 e. The van der Waals surface area contributed by atoms with Crippen LogP contribution in [-0.4, -0.2) is 25.7 Å². The third kappa shape index (κ3) is 4.59. The molecule has 0 saturated heterocycles. The summed E-state index contributed by atoms with van der Waals surface area (Å²) < 4.78 is 32.0. The van der Waals surface area contributed by atoms with E-state index in [0.29, 0.717) is 0 Å². The molecule has 0 heterocycles. The van der Waals surface area contributed by atoms with E-state index in [1.165, 1.54) is 18.2 Å². The number of non-ortho nitro benzene ring substituents is 1. The zero-order valence-corrected chi connectivity index (χ0v) is 12.5. The average molecular weight is 313 g/mol. The lowest BCUT2D eigenvalue weighted by atomic mass is 9.98. The van der Waals surface area contributed by atoms with E-state index < -0.39 is 14.9 Å². The molecular weight excluding hydrogens is 296 g/mol. The Balaban J connectivity index is 2.28. The standard InChI is InChI=1S/C13H17N2O5S/c1-21(18,19)14-12-8-7-10(15(16)17)9-13(12)20-11-5-3-2-4-6-11/h7-9,11H,2-6H2,1H3. The molecule has 0 bridgehead atoms. The summed E-state index contributed by atoms with van der Waals surface area (Å²) in [5.41, 5.74) is -0.0399. The lowest BCUT2D eigenvalue weighted by Crippen LogP contribution is -2.20. The van der Waals surface area contributed by atoms with Crippen molar-refractivity contribution in [1.29, 1.82) is 0 Å². The first-order valence-electron chi connectivity index (χ1n) is 6.73. The average Bonchev–Trinajstić information content (AvgIpc) is 2.40. The van der Waals surface area contributed by atoms with Gasteiger partial charge in [-0.3, -0.25) is 10.1 Å². The van der Waals surface area contributed by atoms with E-state index in [0.717, 1.165) is 38.4 Å². The van der Waals surface area contributed by atoms with Crippen LogP contribution >= 0.6 is 0 Å². The van der Waals surface area contributed by atoms with Crippen molar-refractivity contribution < 1.29 is 18.1 Å². The maximum absolute atomic E-state index is 11.3. The molecule has 115 valence electrons. The van der Waals surface area contributed by atoms with Crippen molar-refractivity contribution in [1.82, 2.24) is 4.72 Å². The van der Waals surface area contributed by atoms with Crippen LogP contribution in [0.25, 0.3) is 0 Å². The molecule has 0 atom stereocenters. The fraction of sp³-hybridized carbons (Fsp3) is 0.538. The number of rotatable bonds is 5. The number of nitrogens with zero attached hydrogens (tertiary/aromatic N) is 2. The summed E-state index contributed by atoms with van der Waals surface area (Å²) in [6.45, 7) is 0. The van der Waals surface area contributed by atoms with Gasteiger partial charge in [-0.2, -0.15) is 4.72 Å². The first-order valence-corrected chi connectivity index (χ1v) is 8.58. The van der Waals surface area contributed by atoms with Gasteiger partial charge in [-0.15, -0.1) is 0 Å². The van der Waals surface area contributed by atoms with Crippen LogP contribution in [0.15, 0.2) is 18.2 Å². The first-order chi connectivity index (χ1) is 9.85. The summed E-state index contributed by atoms with van der Waals surface area (Å²) in [6, 6.07) is 3.76. The topological polar surface area (TPSA) is 101 Å². The van der Waals surface area contributed by atoms with Gasteiger partial charge in [0, 0.05) is 6.07 Å². The van der Waals surface area contributed by atoms with Crippen molar-refractivity contribution in [3.8, 4) is 5.75 Å². The van der Waals surface area contributed by atoms with E-state index in [1.54, 1.807) is 0 Å². The monoisotopic (exact) mass is 313 g/mol. The Kier molecular flexibility index (Phi) is 4.66. The summed E-state index contributed by atoms with van der Waals surface area (Å²) in [7, 11) is -3.60. The number of ether oxygens (including phenoxy) is 1. The molecule has 8 heteroatoms. The number of hydrogen-bond acceptors (Lipinski definition) is 5. The summed E-state index contributed by atoms with van der Waals surface area (Å²) in [5, 5.41) is 10.8. The van der Waals surface area contributed by atoms with Gasteiger partial charge in [0.1, 0.15) is 5.69 Å². The fourth-order valence-corrected chi connectivity index (χ4v) is 2.84. The van der Waals surface area contributed by atoms with Gasteiger partial charge in [0.05, 0.1) is 23.3 Å². The second kappa shape index (κ2) is 6.30. The zero-order chi connectivity index (χ0) is 15.5. The van der Waals surface area contributed by atoms with E-state index in [2.05, 4.69) is 4.72 Å². The predicted molar refractivity (Wildman–Crippen MR) is 77.2 cm³/mol. The van der Waals surface area contributed by atoms with Crippen LogP contribution in [0.4, 0.5) is 11.4 Å². The second-order valence-electron chi connectivity index (χ2n) is 5.11. The molecule has 0 aliphatic heterocycles. The van der Waals surface area contributed by atoms with E-state index in [4.69, 9.17) is 4.74 Å². The Hall–Kier alpha value is -1.83. The summed E-state index contributed by atoms with van der Waals surface area (Å²) >= 11 is 0. The molecule has 1 aromatic rings. The normalized spacial score (nSPS) is 16.4. The van der Waals surface area contributed by atoms with Gasteiger partial charge in [0.2, 0.25) is 0 Å². The highest BCUT2D eigenvalue weighted by Crippen LogP contribution is 2.33. The van der Waals surface area contributed by atoms with E-state index in [1.807, 2.05) is 0 Å². The lowest BCUT2D eigenvalue weighted by Gasteiger charge is -2.23. The zero-order valence-electron chi connectivity index (χ0n) is 11.7. The number of benzene rings is 1. The van der Waals surface area contributed by atoms with Crippen LogP contribution in [0.3, 0.4) is 0 Å². The maximum atomic E-state index is 11.3. The van der Waals surface area contributed by atoms with E-state index in [9.17, 15) is 18.5 Å². The van der Waals surface area contributed by atoms with Crippen LogP contribution < -0.4 is 9.46 Å². The molecule has 1 aliphatic carbocycles. The number of hydrogen-bond donors (Lipinski definition) is 0. The number of nitro benzene ring substituents is 1. The molecule has 7 nitrogen and oxygen atoms in total. The molecule has 1 radical (unpaired) electrons. The van der Waals surface area contributed by atoms with Crippen LogP contribution in [0.1, 0.15) is 32.1 Å². The highest BCUT2D eigenvalue weighted by atomic mass is 32.2. The van der Waals surface area contributed by atoms with Crippen LogP contribution in [0.5, 0.6) is 5.75 Å². The highest BCUT2D eigenvalue weighted by Gasteiger charge is 2.21. The number of sulfonamides is 1. The Morgan fingerprint density at radius 2 is 1.95 bits per heavy atom. The first kappa shape index (κ1) is 15.6. The van der Waals surface area contributed by atoms with Crippen molar-refractivity contribution in [3.05, 3.63) is 28.3 Å². The summed E-state index contributed by atoms with van der Waals surface area (Å²) in [6.07, 6.45) is 5.88. The largest absolute Gasteiger partial charge is 0.488 e. The highest BCUT2D eigenvalue weighted by molar-refractivity contribution is 7.88. The predicted octanol–water partition coefficient (Wildman–Crippen LogP) is 2.50. The number of nitro groups is 1. The quantitative estimate of drug-likeness (QED) is 0.614. The molecule has 1 aliphatic rings. The fourth-order valence-electron chi connectivity index (χ4n) is 2.33. The summed E-state index contributed by atoms with van der Waals surface area (Å²) in [5.74, 6) is 0.154. The van der Waals surface area contributed by atoms with Gasteiger partial charge >= 0.3 is 0 Å². The SMILES string of the molecule is CS(=O)(=O)[N]c1ccc([N+](=O)[O-])cc1OC1CCCCC1. The molecule has 0 unspecified atom stereocenters. The van der Waals surface area contributed by atoms with Crippen molar-refractivity contribution >= 4 is 21.4 Å². The van der Waals surface area contributed by atoms with E-state index >= 15 is 0 Å². The van der Waals surface area contributed by atoms with Gasteiger partial charge in [0.15, 0.2) is 5.75 Å². The molecule has 0 aromatic heterocycles. The van der Waals surface area contributed by atoms with E-state index in [-0.39, 0.29) is 23.2 Å². The van der Waals surface area contributed by atoms with Gasteiger partial charge in [-0.05, 0) is 31.7 Å². The molecule has 0 N–H and O–H groups in total. The van der Waals surface area contributed by atoms with Crippen molar-refractivity contribution in [3.63, 3.8) is 0 Å². The molecule has 21 heavy (non-hydrogen) atoms. The van der Waals surface area contributed by atoms with Crippen molar-refractivity contribution in [2.24, 2.45) is 0 Å². The maximum Gasteiger partial charge on any atom is 0.273 e. The third-order valence-electron chi connectivity index (χ3n) is 3.26. The minimum absolute atomic E-state index is 0.0470. The minimum atomic E-state index is -3.60. The van der Waals surface area contributed by atoms with Crippen molar-refractivity contribution in [2.45, 2.75) is 38.2 Å².